The second-order valence-electron chi connectivity index (χ2n) is 5.55. The lowest BCUT2D eigenvalue weighted by molar-refractivity contribution is -0.139. The number of hydrogen-bond acceptors (Lipinski definition) is 3. The van der Waals surface area contributed by atoms with E-state index >= 15 is 0 Å². The largest absolute Gasteiger partial charge is 0.480 e. The first kappa shape index (κ1) is 16.9. The molecule has 2 N–H and O–H groups in total. The van der Waals surface area contributed by atoms with Crippen LogP contribution >= 0.6 is 0 Å². The Bertz CT molecular complexity index is 530. The van der Waals surface area contributed by atoms with E-state index in [1.54, 1.807) is 25.1 Å². The highest BCUT2D eigenvalue weighted by molar-refractivity contribution is 5.97. The Hall–Kier alpha value is -2.11. The molecule has 0 saturated carbocycles. The molecule has 0 aliphatic rings. The molecule has 116 valence electrons. The van der Waals surface area contributed by atoms with Crippen molar-refractivity contribution in [3.05, 3.63) is 29.6 Å². The van der Waals surface area contributed by atoms with Gasteiger partial charge in [0.1, 0.15) is 11.9 Å². The third kappa shape index (κ3) is 4.73. The number of aliphatic carboxylic acids is 1. The van der Waals surface area contributed by atoms with E-state index in [2.05, 4.69) is 5.32 Å². The monoisotopic (exact) mass is 296 g/mol. The number of carbonyl (C=O) groups is 2. The first-order valence-electron chi connectivity index (χ1n) is 6.73. The fraction of sp³-hybridized carbons (Fsp3) is 0.467. The minimum absolute atomic E-state index is 0.104. The number of halogens is 1. The van der Waals surface area contributed by atoms with Gasteiger partial charge in [-0.15, -0.1) is 0 Å². The summed E-state index contributed by atoms with van der Waals surface area (Å²) in [6.07, 6.45) is 0.290. The van der Waals surface area contributed by atoms with Crippen LogP contribution in [0.15, 0.2) is 18.2 Å². The Morgan fingerprint density at radius 1 is 1.33 bits per heavy atom. The number of benzene rings is 1. The van der Waals surface area contributed by atoms with Crippen molar-refractivity contribution in [1.82, 2.24) is 5.32 Å². The van der Waals surface area contributed by atoms with Crippen molar-refractivity contribution in [1.29, 1.82) is 0 Å². The molecule has 1 rings (SSSR count). The molecule has 0 saturated heterocycles. The topological polar surface area (TPSA) is 69.6 Å². The van der Waals surface area contributed by atoms with Gasteiger partial charge in [-0.05, 0) is 30.5 Å². The van der Waals surface area contributed by atoms with E-state index in [0.29, 0.717) is 12.1 Å². The van der Waals surface area contributed by atoms with E-state index in [1.165, 1.54) is 12.1 Å². The van der Waals surface area contributed by atoms with Crippen molar-refractivity contribution in [2.75, 3.05) is 19.0 Å². The lowest BCUT2D eigenvalue weighted by Crippen LogP contribution is -2.41. The van der Waals surface area contributed by atoms with E-state index in [1.807, 2.05) is 13.8 Å². The summed E-state index contributed by atoms with van der Waals surface area (Å²) in [7, 11) is 3.52. The number of carboxylic acid groups (broad SMARTS) is 1. The van der Waals surface area contributed by atoms with Crippen molar-refractivity contribution in [2.24, 2.45) is 5.92 Å². The maximum absolute atomic E-state index is 13.9. The number of nitrogens with zero attached hydrogens (tertiary/aromatic N) is 1. The molecule has 0 radical (unpaired) electrons. The van der Waals surface area contributed by atoms with Gasteiger partial charge in [-0.25, -0.2) is 9.18 Å². The molecule has 0 fully saturated rings. The third-order valence-corrected chi connectivity index (χ3v) is 3.02. The Kier molecular flexibility index (Phi) is 5.69. The molecule has 0 heterocycles. The molecule has 0 spiro atoms. The molecule has 0 aliphatic heterocycles. The van der Waals surface area contributed by atoms with Gasteiger partial charge in [-0.1, -0.05) is 13.8 Å². The average molecular weight is 296 g/mol. The van der Waals surface area contributed by atoms with Crippen LogP contribution in [0.2, 0.25) is 0 Å². The minimum atomic E-state index is -1.12. The molecule has 0 aliphatic carbocycles. The van der Waals surface area contributed by atoms with Crippen LogP contribution < -0.4 is 10.2 Å². The van der Waals surface area contributed by atoms with Crippen LogP contribution in [0.5, 0.6) is 0 Å². The molecular formula is C15H21FN2O3. The molecule has 1 amide bonds. The minimum Gasteiger partial charge on any atom is -0.480 e. The predicted octanol–water partition coefficient (Wildman–Crippen LogP) is 2.12. The van der Waals surface area contributed by atoms with Gasteiger partial charge < -0.3 is 15.3 Å². The number of carboxylic acids is 1. The van der Waals surface area contributed by atoms with Gasteiger partial charge in [0.2, 0.25) is 0 Å². The fourth-order valence-electron chi connectivity index (χ4n) is 1.90. The van der Waals surface area contributed by atoms with Gasteiger partial charge in [0, 0.05) is 19.8 Å². The molecule has 1 atom stereocenters. The number of nitrogens with one attached hydrogen (secondary N) is 1. The van der Waals surface area contributed by atoms with E-state index in [-0.39, 0.29) is 11.5 Å². The first-order chi connectivity index (χ1) is 9.72. The first-order valence-corrected chi connectivity index (χ1v) is 6.73. The van der Waals surface area contributed by atoms with Gasteiger partial charge in [0.25, 0.3) is 5.91 Å². The summed E-state index contributed by atoms with van der Waals surface area (Å²) in [4.78, 5) is 24.8. The van der Waals surface area contributed by atoms with Crippen molar-refractivity contribution >= 4 is 17.6 Å². The number of hydrogen-bond donors (Lipinski definition) is 2. The summed E-state index contributed by atoms with van der Waals surface area (Å²) in [5.41, 5.74) is 0.469. The predicted molar refractivity (Wildman–Crippen MR) is 79.1 cm³/mol. The zero-order valence-electron chi connectivity index (χ0n) is 12.7. The Labute approximate surface area is 123 Å². The molecule has 1 aromatic carbocycles. The standard InChI is InChI=1S/C15H21FN2O3/c1-9(2)7-13(15(20)21)17-14(19)11-6-5-10(18(3)4)8-12(11)16/h5-6,8-9,13H,7H2,1-4H3,(H,17,19)(H,20,21)/t13-/m1/s1. The highest BCUT2D eigenvalue weighted by Gasteiger charge is 2.23. The molecule has 0 aromatic heterocycles. The van der Waals surface area contributed by atoms with E-state index < -0.39 is 23.7 Å². The van der Waals surface area contributed by atoms with Gasteiger partial charge >= 0.3 is 5.97 Å². The van der Waals surface area contributed by atoms with E-state index in [9.17, 15) is 14.0 Å². The number of rotatable bonds is 6. The third-order valence-electron chi connectivity index (χ3n) is 3.02. The normalized spacial score (nSPS) is 12.1. The van der Waals surface area contributed by atoms with Crippen molar-refractivity contribution in [3.63, 3.8) is 0 Å². The molecule has 6 heteroatoms. The second-order valence-corrected chi connectivity index (χ2v) is 5.55. The molecular weight excluding hydrogens is 275 g/mol. The van der Waals surface area contributed by atoms with Crippen LogP contribution in [0.4, 0.5) is 10.1 Å². The van der Waals surface area contributed by atoms with Gasteiger partial charge in [-0.3, -0.25) is 4.79 Å². The molecule has 21 heavy (non-hydrogen) atoms. The van der Waals surface area contributed by atoms with Crippen molar-refractivity contribution in [2.45, 2.75) is 26.3 Å². The Balaban J connectivity index is 2.90. The van der Waals surface area contributed by atoms with E-state index in [4.69, 9.17) is 5.11 Å². The smallest absolute Gasteiger partial charge is 0.326 e. The summed E-state index contributed by atoms with van der Waals surface area (Å²) < 4.78 is 13.9. The van der Waals surface area contributed by atoms with Crippen LogP contribution in [-0.2, 0) is 4.79 Å². The fourth-order valence-corrected chi connectivity index (χ4v) is 1.90. The highest BCUT2D eigenvalue weighted by Crippen LogP contribution is 2.17. The zero-order valence-corrected chi connectivity index (χ0v) is 12.7. The number of amides is 1. The zero-order chi connectivity index (χ0) is 16.2. The maximum atomic E-state index is 13.9. The SMILES string of the molecule is CC(C)C[C@@H](NC(=O)c1ccc(N(C)C)cc1F)C(=O)O. The second kappa shape index (κ2) is 7.06. The van der Waals surface area contributed by atoms with Crippen molar-refractivity contribution < 1.29 is 19.1 Å². The van der Waals surface area contributed by atoms with Crippen LogP contribution in [0.3, 0.4) is 0 Å². The van der Waals surface area contributed by atoms with Crippen LogP contribution in [-0.4, -0.2) is 37.1 Å². The number of anilines is 1. The van der Waals surface area contributed by atoms with Crippen LogP contribution in [0, 0.1) is 11.7 Å². The van der Waals surface area contributed by atoms with Crippen LogP contribution in [0.1, 0.15) is 30.6 Å². The van der Waals surface area contributed by atoms with E-state index in [0.717, 1.165) is 0 Å². The lowest BCUT2D eigenvalue weighted by Gasteiger charge is -2.17. The summed E-state index contributed by atoms with van der Waals surface area (Å²) >= 11 is 0. The Morgan fingerprint density at radius 3 is 2.38 bits per heavy atom. The summed E-state index contributed by atoms with van der Waals surface area (Å²) in [6.45, 7) is 3.71. The molecule has 0 bridgehead atoms. The average Bonchev–Trinajstić information content (AvgIpc) is 2.36. The highest BCUT2D eigenvalue weighted by atomic mass is 19.1. The molecule has 5 nitrogen and oxygen atoms in total. The Morgan fingerprint density at radius 2 is 1.95 bits per heavy atom. The number of carbonyl (C=O) groups excluding carboxylic acids is 1. The lowest BCUT2D eigenvalue weighted by atomic mass is 10.0. The quantitative estimate of drug-likeness (QED) is 0.843. The summed E-state index contributed by atoms with van der Waals surface area (Å²) in [6, 6.07) is 3.18. The van der Waals surface area contributed by atoms with Crippen LogP contribution in [0.25, 0.3) is 0 Å². The summed E-state index contributed by atoms with van der Waals surface area (Å²) in [5, 5.41) is 11.5. The van der Waals surface area contributed by atoms with Gasteiger partial charge in [0.05, 0.1) is 5.56 Å². The molecule has 0 unspecified atom stereocenters. The maximum Gasteiger partial charge on any atom is 0.326 e. The van der Waals surface area contributed by atoms with Crippen molar-refractivity contribution in [3.8, 4) is 0 Å². The van der Waals surface area contributed by atoms with Gasteiger partial charge in [-0.2, -0.15) is 0 Å². The molecule has 1 aromatic rings. The van der Waals surface area contributed by atoms with Gasteiger partial charge in [0.15, 0.2) is 0 Å². The summed E-state index contributed by atoms with van der Waals surface area (Å²) in [5.74, 6) is -2.41.